The number of alkyl halides is 3. The van der Waals surface area contributed by atoms with Gasteiger partial charge in [0, 0.05) is 37.2 Å². The molecule has 0 amide bonds. The van der Waals surface area contributed by atoms with Crippen molar-refractivity contribution in [3.63, 3.8) is 0 Å². The van der Waals surface area contributed by atoms with E-state index in [1.54, 1.807) is 4.90 Å². The van der Waals surface area contributed by atoms with Crippen LogP contribution < -0.4 is 15.0 Å². The Kier molecular flexibility index (Phi) is 5.07. The van der Waals surface area contributed by atoms with Gasteiger partial charge in [0.15, 0.2) is 5.69 Å². The molecule has 0 aliphatic carbocycles. The van der Waals surface area contributed by atoms with Crippen LogP contribution in [0.4, 0.5) is 23.5 Å². The van der Waals surface area contributed by atoms with E-state index in [9.17, 15) is 22.7 Å². The summed E-state index contributed by atoms with van der Waals surface area (Å²) >= 11 is 0. The van der Waals surface area contributed by atoms with Gasteiger partial charge in [-0.15, -0.1) is 0 Å². The lowest BCUT2D eigenvalue weighted by Crippen LogP contribution is -2.50. The number of β-amino-alcohol motifs (C(OH)–C–C–N with tert-alkyl or cyclic N) is 1. The standard InChI is InChI=1S/C19H20F4N4O2/c20-12-2-1-3-13(8-12)29-16-9-14(19(21,22)23)25-17(26-16)27-7-5-18(11-27)4-6-24-10-15(18)28/h1-3,8-9,15,24,28H,4-7,10-11H2/t15-,18+/m1/s1. The Hall–Kier alpha value is -2.46. The van der Waals surface area contributed by atoms with Crippen molar-refractivity contribution in [1.29, 1.82) is 0 Å². The fourth-order valence-corrected chi connectivity index (χ4v) is 3.90. The second-order valence-corrected chi connectivity index (χ2v) is 7.45. The minimum Gasteiger partial charge on any atom is -0.439 e. The van der Waals surface area contributed by atoms with Gasteiger partial charge in [-0.05, 0) is 31.5 Å². The third kappa shape index (κ3) is 4.13. The summed E-state index contributed by atoms with van der Waals surface area (Å²) in [5.41, 5.74) is -1.53. The highest BCUT2D eigenvalue weighted by Crippen LogP contribution is 2.41. The number of halogens is 4. The zero-order valence-electron chi connectivity index (χ0n) is 15.4. The summed E-state index contributed by atoms with van der Waals surface area (Å²) in [6, 6.07) is 5.77. The summed E-state index contributed by atoms with van der Waals surface area (Å²) in [7, 11) is 0. The fourth-order valence-electron chi connectivity index (χ4n) is 3.90. The first-order valence-corrected chi connectivity index (χ1v) is 9.29. The molecule has 0 radical (unpaired) electrons. The topological polar surface area (TPSA) is 70.5 Å². The minimum absolute atomic E-state index is 0.0365. The molecule has 2 aliphatic rings. The van der Waals surface area contributed by atoms with E-state index in [0.717, 1.165) is 19.0 Å². The highest BCUT2D eigenvalue weighted by molar-refractivity contribution is 5.39. The SMILES string of the molecule is O[C@@H]1CNCC[C@@]12CCN(c1nc(Oc3cccc(F)c3)cc(C(F)(F)F)n1)C2. The van der Waals surface area contributed by atoms with Crippen molar-refractivity contribution in [3.8, 4) is 11.6 Å². The number of piperidine rings is 1. The molecule has 1 aromatic heterocycles. The van der Waals surface area contributed by atoms with Crippen molar-refractivity contribution in [2.24, 2.45) is 5.41 Å². The van der Waals surface area contributed by atoms with Gasteiger partial charge in [-0.25, -0.2) is 9.37 Å². The molecule has 1 aromatic carbocycles. The van der Waals surface area contributed by atoms with Crippen LogP contribution in [0, 0.1) is 11.2 Å². The molecule has 0 bridgehead atoms. The third-order valence-corrected chi connectivity index (χ3v) is 5.51. The van der Waals surface area contributed by atoms with Crippen molar-refractivity contribution in [2.45, 2.75) is 25.1 Å². The monoisotopic (exact) mass is 412 g/mol. The van der Waals surface area contributed by atoms with Gasteiger partial charge in [0.1, 0.15) is 11.6 Å². The van der Waals surface area contributed by atoms with Gasteiger partial charge in [-0.1, -0.05) is 6.07 Å². The molecule has 10 heteroatoms. The lowest BCUT2D eigenvalue weighted by atomic mass is 9.76. The maximum Gasteiger partial charge on any atom is 0.433 e. The number of aliphatic hydroxyl groups excluding tert-OH is 1. The van der Waals surface area contributed by atoms with E-state index in [4.69, 9.17) is 4.74 Å². The Morgan fingerprint density at radius 3 is 2.76 bits per heavy atom. The maximum absolute atomic E-state index is 13.4. The smallest absolute Gasteiger partial charge is 0.433 e. The number of rotatable bonds is 3. The number of aromatic nitrogens is 2. The van der Waals surface area contributed by atoms with E-state index in [2.05, 4.69) is 15.3 Å². The van der Waals surface area contributed by atoms with E-state index in [-0.39, 0.29) is 17.6 Å². The first kappa shape index (κ1) is 19.8. The quantitative estimate of drug-likeness (QED) is 0.756. The second kappa shape index (κ2) is 7.42. The lowest BCUT2D eigenvalue weighted by molar-refractivity contribution is -0.141. The third-order valence-electron chi connectivity index (χ3n) is 5.51. The van der Waals surface area contributed by atoms with Crippen LogP contribution in [0.1, 0.15) is 18.5 Å². The number of hydrogen-bond acceptors (Lipinski definition) is 6. The summed E-state index contributed by atoms with van der Waals surface area (Å²) in [5, 5.41) is 13.5. The van der Waals surface area contributed by atoms with Gasteiger partial charge in [0.2, 0.25) is 11.8 Å². The summed E-state index contributed by atoms with van der Waals surface area (Å²) in [5.74, 6) is -0.975. The van der Waals surface area contributed by atoms with E-state index < -0.39 is 29.2 Å². The van der Waals surface area contributed by atoms with Gasteiger partial charge < -0.3 is 20.1 Å². The molecule has 0 saturated carbocycles. The molecule has 156 valence electrons. The van der Waals surface area contributed by atoms with Crippen molar-refractivity contribution in [1.82, 2.24) is 15.3 Å². The number of hydrogen-bond donors (Lipinski definition) is 2. The van der Waals surface area contributed by atoms with Crippen LogP contribution in [0.5, 0.6) is 11.6 Å². The van der Waals surface area contributed by atoms with Crippen molar-refractivity contribution >= 4 is 5.95 Å². The highest BCUT2D eigenvalue weighted by Gasteiger charge is 2.46. The van der Waals surface area contributed by atoms with E-state index in [1.807, 2.05) is 0 Å². The molecule has 2 fully saturated rings. The first-order chi connectivity index (χ1) is 13.7. The Morgan fingerprint density at radius 2 is 2.03 bits per heavy atom. The highest BCUT2D eigenvalue weighted by atomic mass is 19.4. The van der Waals surface area contributed by atoms with E-state index in [0.29, 0.717) is 32.1 Å². The molecule has 2 saturated heterocycles. The van der Waals surface area contributed by atoms with Gasteiger partial charge in [-0.2, -0.15) is 18.2 Å². The summed E-state index contributed by atoms with van der Waals surface area (Å²) in [6.45, 7) is 1.97. The normalized spacial score (nSPS) is 24.9. The second-order valence-electron chi connectivity index (χ2n) is 7.45. The van der Waals surface area contributed by atoms with Crippen molar-refractivity contribution < 1.29 is 27.4 Å². The van der Waals surface area contributed by atoms with E-state index in [1.165, 1.54) is 18.2 Å². The van der Waals surface area contributed by atoms with Crippen molar-refractivity contribution in [3.05, 3.63) is 41.8 Å². The van der Waals surface area contributed by atoms with Crippen LogP contribution in [-0.2, 0) is 6.18 Å². The molecule has 3 heterocycles. The number of ether oxygens (including phenoxy) is 1. The average Bonchev–Trinajstić information content (AvgIpc) is 3.09. The zero-order valence-corrected chi connectivity index (χ0v) is 15.4. The number of benzene rings is 1. The minimum atomic E-state index is -4.69. The van der Waals surface area contributed by atoms with Crippen LogP contribution in [0.15, 0.2) is 30.3 Å². The Morgan fingerprint density at radius 1 is 1.21 bits per heavy atom. The van der Waals surface area contributed by atoms with Gasteiger partial charge in [-0.3, -0.25) is 0 Å². The number of anilines is 1. The molecular formula is C19H20F4N4O2. The summed E-state index contributed by atoms with van der Waals surface area (Å²) in [6.07, 6.45) is -3.93. The predicted molar refractivity (Wildman–Crippen MR) is 96.3 cm³/mol. The molecule has 2 atom stereocenters. The zero-order chi connectivity index (χ0) is 20.6. The molecule has 0 unspecified atom stereocenters. The maximum atomic E-state index is 13.4. The number of nitrogens with zero attached hydrogens (tertiary/aromatic N) is 3. The molecule has 1 spiro atoms. The molecule has 2 aliphatic heterocycles. The van der Waals surface area contributed by atoms with Gasteiger partial charge >= 0.3 is 6.18 Å². The Labute approximate surface area is 164 Å². The van der Waals surface area contributed by atoms with Crippen LogP contribution in [0.3, 0.4) is 0 Å². The number of nitrogens with one attached hydrogen (secondary N) is 1. The average molecular weight is 412 g/mol. The lowest BCUT2D eigenvalue weighted by Gasteiger charge is -2.38. The molecule has 6 nitrogen and oxygen atoms in total. The van der Waals surface area contributed by atoms with Crippen LogP contribution in [0.25, 0.3) is 0 Å². The van der Waals surface area contributed by atoms with Crippen LogP contribution >= 0.6 is 0 Å². The van der Waals surface area contributed by atoms with Crippen LogP contribution in [-0.4, -0.2) is 47.4 Å². The van der Waals surface area contributed by atoms with Gasteiger partial charge in [0.25, 0.3) is 0 Å². The van der Waals surface area contributed by atoms with E-state index >= 15 is 0 Å². The molecule has 4 rings (SSSR count). The molecular weight excluding hydrogens is 392 g/mol. The van der Waals surface area contributed by atoms with Crippen LogP contribution in [0.2, 0.25) is 0 Å². The van der Waals surface area contributed by atoms with Crippen molar-refractivity contribution in [2.75, 3.05) is 31.1 Å². The fraction of sp³-hybridized carbons (Fsp3) is 0.474. The van der Waals surface area contributed by atoms with Gasteiger partial charge in [0.05, 0.1) is 6.10 Å². The molecule has 2 N–H and O–H groups in total. The summed E-state index contributed by atoms with van der Waals surface area (Å²) in [4.78, 5) is 9.46. The Bertz CT molecular complexity index is 895. The molecule has 2 aromatic rings. The Balaban J connectivity index is 1.64. The largest absolute Gasteiger partial charge is 0.439 e. The summed E-state index contributed by atoms with van der Waals surface area (Å²) < 4.78 is 58.9. The first-order valence-electron chi connectivity index (χ1n) is 9.29. The predicted octanol–water partition coefficient (Wildman–Crippen LogP) is 2.98. The number of aliphatic hydroxyl groups is 1. The molecule has 29 heavy (non-hydrogen) atoms.